The Morgan fingerprint density at radius 1 is 1.11 bits per heavy atom. The van der Waals surface area contributed by atoms with Gasteiger partial charge >= 0.3 is 0 Å². The maximum absolute atomic E-state index is 13.5. The van der Waals surface area contributed by atoms with Crippen molar-refractivity contribution < 1.29 is 14.3 Å². The number of H-pyrrole nitrogens is 1. The maximum Gasteiger partial charge on any atom is 0.262 e. The van der Waals surface area contributed by atoms with Crippen LogP contribution in [0.15, 0.2) is 48.0 Å². The van der Waals surface area contributed by atoms with Gasteiger partial charge in [-0.3, -0.25) is 14.5 Å². The van der Waals surface area contributed by atoms with E-state index in [0.29, 0.717) is 23.8 Å². The van der Waals surface area contributed by atoms with Gasteiger partial charge in [-0.05, 0) is 29.0 Å². The Labute approximate surface area is 211 Å². The van der Waals surface area contributed by atoms with E-state index in [-0.39, 0.29) is 17.9 Å². The summed E-state index contributed by atoms with van der Waals surface area (Å²) in [7, 11) is 0. The number of nitrogens with zero attached hydrogens (tertiary/aromatic N) is 1. The number of fused-ring (bicyclic) bond motifs is 1. The van der Waals surface area contributed by atoms with Gasteiger partial charge in [0.2, 0.25) is 5.91 Å². The summed E-state index contributed by atoms with van der Waals surface area (Å²) >= 11 is 1.37. The SMILES string of the molecule is CCC(CC)[C@H](CNC(=O)[C@H](Cc1c[nH]c2ccccc12)NC(=O)c1cccs1)N1CCOCC1. The molecule has 0 radical (unpaired) electrons. The molecule has 1 fully saturated rings. The van der Waals surface area contributed by atoms with Crippen LogP contribution in [0.2, 0.25) is 0 Å². The molecule has 0 saturated carbocycles. The summed E-state index contributed by atoms with van der Waals surface area (Å²) in [6.45, 7) is 8.20. The van der Waals surface area contributed by atoms with E-state index in [1.807, 2.05) is 41.9 Å². The summed E-state index contributed by atoms with van der Waals surface area (Å²) in [4.78, 5) is 32.7. The van der Waals surface area contributed by atoms with E-state index in [1.54, 1.807) is 6.07 Å². The minimum absolute atomic E-state index is 0.149. The van der Waals surface area contributed by atoms with Gasteiger partial charge in [-0.1, -0.05) is 51.0 Å². The number of amides is 2. The van der Waals surface area contributed by atoms with Crippen LogP contribution in [0.1, 0.15) is 41.9 Å². The first-order valence-electron chi connectivity index (χ1n) is 12.6. The fraction of sp³-hybridized carbons (Fsp3) is 0.481. The van der Waals surface area contributed by atoms with Crippen molar-refractivity contribution in [3.63, 3.8) is 0 Å². The number of morpholine rings is 1. The number of nitrogens with one attached hydrogen (secondary N) is 3. The predicted molar refractivity (Wildman–Crippen MR) is 141 cm³/mol. The van der Waals surface area contributed by atoms with Crippen LogP contribution in [-0.4, -0.2) is 66.6 Å². The lowest BCUT2D eigenvalue weighted by Gasteiger charge is -2.39. The minimum Gasteiger partial charge on any atom is -0.379 e. The van der Waals surface area contributed by atoms with Gasteiger partial charge in [-0.2, -0.15) is 0 Å². The van der Waals surface area contributed by atoms with Gasteiger partial charge in [0.25, 0.3) is 5.91 Å². The van der Waals surface area contributed by atoms with Crippen LogP contribution in [0.3, 0.4) is 0 Å². The van der Waals surface area contributed by atoms with Gasteiger partial charge in [0, 0.05) is 49.2 Å². The highest BCUT2D eigenvalue weighted by atomic mass is 32.1. The summed E-state index contributed by atoms with van der Waals surface area (Å²) in [5, 5.41) is 9.13. The first kappa shape index (κ1) is 25.4. The Morgan fingerprint density at radius 2 is 1.89 bits per heavy atom. The fourth-order valence-corrected chi connectivity index (χ4v) is 5.66. The molecule has 7 nitrogen and oxygen atoms in total. The van der Waals surface area contributed by atoms with Crippen LogP contribution in [0, 0.1) is 5.92 Å². The lowest BCUT2D eigenvalue weighted by Crippen LogP contribution is -2.55. The Bertz CT molecular complexity index is 1090. The third-order valence-electron chi connectivity index (χ3n) is 7.06. The van der Waals surface area contributed by atoms with Crippen LogP contribution >= 0.6 is 11.3 Å². The average Bonchev–Trinajstić information content (AvgIpc) is 3.57. The smallest absolute Gasteiger partial charge is 0.262 e. The van der Waals surface area contributed by atoms with E-state index in [4.69, 9.17) is 4.74 Å². The molecule has 1 saturated heterocycles. The summed E-state index contributed by atoms with van der Waals surface area (Å²) in [6.07, 6.45) is 4.47. The zero-order chi connectivity index (χ0) is 24.6. The quantitative estimate of drug-likeness (QED) is 0.377. The number of benzene rings is 1. The second-order valence-corrected chi connectivity index (χ2v) is 10.1. The van der Waals surface area contributed by atoms with Gasteiger partial charge in [0.15, 0.2) is 0 Å². The molecular formula is C27H36N4O3S. The molecule has 0 bridgehead atoms. The molecule has 35 heavy (non-hydrogen) atoms. The number of ether oxygens (including phenoxy) is 1. The van der Waals surface area contributed by atoms with Crippen molar-refractivity contribution in [2.24, 2.45) is 5.92 Å². The van der Waals surface area contributed by atoms with Crippen molar-refractivity contribution in [3.8, 4) is 0 Å². The molecule has 2 atom stereocenters. The molecule has 3 aromatic rings. The highest BCUT2D eigenvalue weighted by Crippen LogP contribution is 2.21. The third kappa shape index (κ3) is 6.31. The number of aromatic amines is 1. The standard InChI is InChI=1S/C27H36N4O3S/c1-3-19(4-2)24(31-11-13-34-14-12-31)18-29-26(32)23(30-27(33)25-10-7-15-35-25)16-20-17-28-22-9-6-5-8-21(20)22/h5-10,15,17,19,23-24,28H,3-4,11-14,16,18H2,1-2H3,(H,29,32)(H,30,33)/t23-,24-/m0/s1. The number of aromatic nitrogens is 1. The molecule has 0 unspecified atom stereocenters. The molecule has 1 aliphatic heterocycles. The normalized spacial score (nSPS) is 16.3. The fourth-order valence-electron chi connectivity index (χ4n) is 5.03. The highest BCUT2D eigenvalue weighted by Gasteiger charge is 2.29. The highest BCUT2D eigenvalue weighted by molar-refractivity contribution is 7.12. The summed E-state index contributed by atoms with van der Waals surface area (Å²) in [5.41, 5.74) is 2.03. The zero-order valence-electron chi connectivity index (χ0n) is 20.6. The monoisotopic (exact) mass is 496 g/mol. The third-order valence-corrected chi connectivity index (χ3v) is 7.93. The van der Waals surface area contributed by atoms with Crippen LogP contribution in [0.4, 0.5) is 0 Å². The second-order valence-electron chi connectivity index (χ2n) is 9.10. The van der Waals surface area contributed by atoms with Gasteiger partial charge < -0.3 is 20.4 Å². The van der Waals surface area contributed by atoms with E-state index >= 15 is 0 Å². The summed E-state index contributed by atoms with van der Waals surface area (Å²) in [6, 6.07) is 11.2. The maximum atomic E-state index is 13.5. The molecule has 1 aromatic carbocycles. The van der Waals surface area contributed by atoms with Crippen molar-refractivity contribution in [1.82, 2.24) is 20.5 Å². The number of carbonyl (C=O) groups is 2. The van der Waals surface area contributed by atoms with Crippen molar-refractivity contribution in [3.05, 3.63) is 58.4 Å². The van der Waals surface area contributed by atoms with E-state index in [2.05, 4.69) is 34.4 Å². The molecule has 1 aliphatic rings. The number of hydrogen-bond acceptors (Lipinski definition) is 5. The largest absolute Gasteiger partial charge is 0.379 e. The molecule has 2 amide bonds. The Morgan fingerprint density at radius 3 is 2.60 bits per heavy atom. The second kappa shape index (κ2) is 12.3. The lowest BCUT2D eigenvalue weighted by molar-refractivity contribution is -0.123. The number of carbonyl (C=O) groups excluding carboxylic acids is 2. The van der Waals surface area contributed by atoms with Gasteiger partial charge in [-0.15, -0.1) is 11.3 Å². The number of hydrogen-bond donors (Lipinski definition) is 3. The van der Waals surface area contributed by atoms with Crippen molar-refractivity contribution >= 4 is 34.1 Å². The predicted octanol–water partition coefficient (Wildman–Crippen LogP) is 3.82. The van der Waals surface area contributed by atoms with Crippen LogP contribution in [-0.2, 0) is 16.0 Å². The zero-order valence-corrected chi connectivity index (χ0v) is 21.4. The number of thiophene rings is 1. The van der Waals surface area contributed by atoms with E-state index in [9.17, 15) is 9.59 Å². The molecule has 3 N–H and O–H groups in total. The van der Waals surface area contributed by atoms with Crippen molar-refractivity contribution in [1.29, 1.82) is 0 Å². The van der Waals surface area contributed by atoms with Gasteiger partial charge in [0.1, 0.15) is 6.04 Å². The molecule has 3 heterocycles. The molecule has 2 aromatic heterocycles. The van der Waals surface area contributed by atoms with Gasteiger partial charge in [0.05, 0.1) is 18.1 Å². The minimum atomic E-state index is -0.671. The van der Waals surface area contributed by atoms with Crippen LogP contribution < -0.4 is 10.6 Å². The molecule has 188 valence electrons. The van der Waals surface area contributed by atoms with E-state index in [0.717, 1.165) is 55.6 Å². The Hall–Kier alpha value is -2.68. The first-order chi connectivity index (χ1) is 17.1. The lowest BCUT2D eigenvalue weighted by atomic mass is 9.92. The van der Waals surface area contributed by atoms with Crippen LogP contribution in [0.5, 0.6) is 0 Å². The Balaban J connectivity index is 1.50. The first-order valence-corrected chi connectivity index (χ1v) is 13.5. The summed E-state index contributed by atoms with van der Waals surface area (Å²) in [5.74, 6) is 0.121. The Kier molecular flexibility index (Phi) is 8.95. The molecule has 4 rings (SSSR count). The van der Waals surface area contributed by atoms with Crippen LogP contribution in [0.25, 0.3) is 10.9 Å². The molecule has 0 aliphatic carbocycles. The topological polar surface area (TPSA) is 86.5 Å². The molecular weight excluding hydrogens is 460 g/mol. The van der Waals surface area contributed by atoms with Gasteiger partial charge in [-0.25, -0.2) is 0 Å². The van der Waals surface area contributed by atoms with E-state index < -0.39 is 6.04 Å². The van der Waals surface area contributed by atoms with Crippen molar-refractivity contribution in [2.75, 3.05) is 32.8 Å². The van der Waals surface area contributed by atoms with E-state index in [1.165, 1.54) is 11.3 Å². The average molecular weight is 497 g/mol. The molecule has 8 heteroatoms. The number of rotatable bonds is 11. The summed E-state index contributed by atoms with van der Waals surface area (Å²) < 4.78 is 5.56. The number of para-hydroxylation sites is 1. The molecule has 0 spiro atoms. The van der Waals surface area contributed by atoms with Crippen molar-refractivity contribution in [2.45, 2.75) is 45.2 Å².